The second-order valence-electron chi connectivity index (χ2n) is 4.10. The number of aromatic nitrogens is 1. The standard InChI is InChI=1S/C11H15F3N2O/c1-7(2)9(6-17)16-10-5-8(3-4-15-10)11(12,13)14/h3-5,7,9,17H,6H2,1-2H3,(H,15,16)/t9-/m1/s1. The molecule has 0 aliphatic rings. The summed E-state index contributed by atoms with van der Waals surface area (Å²) in [7, 11) is 0. The van der Waals surface area contributed by atoms with Gasteiger partial charge in [-0.3, -0.25) is 0 Å². The van der Waals surface area contributed by atoms with Crippen LogP contribution in [0.1, 0.15) is 19.4 Å². The van der Waals surface area contributed by atoms with E-state index in [4.69, 9.17) is 5.11 Å². The lowest BCUT2D eigenvalue weighted by molar-refractivity contribution is -0.137. The van der Waals surface area contributed by atoms with Gasteiger partial charge in [0.15, 0.2) is 0 Å². The van der Waals surface area contributed by atoms with Crippen molar-refractivity contribution in [2.75, 3.05) is 11.9 Å². The molecule has 1 atom stereocenters. The third kappa shape index (κ3) is 3.89. The van der Waals surface area contributed by atoms with E-state index < -0.39 is 11.7 Å². The van der Waals surface area contributed by atoms with Crippen LogP contribution in [0.3, 0.4) is 0 Å². The lowest BCUT2D eigenvalue weighted by Gasteiger charge is -2.20. The van der Waals surface area contributed by atoms with Gasteiger partial charge in [0.05, 0.1) is 18.2 Å². The van der Waals surface area contributed by atoms with Gasteiger partial charge in [-0.05, 0) is 18.1 Å². The fraction of sp³-hybridized carbons (Fsp3) is 0.545. The number of hydrogen-bond donors (Lipinski definition) is 2. The quantitative estimate of drug-likeness (QED) is 0.860. The summed E-state index contributed by atoms with van der Waals surface area (Å²) in [5.74, 6) is 0.212. The molecule has 0 aliphatic carbocycles. The van der Waals surface area contributed by atoms with Crippen molar-refractivity contribution in [3.8, 4) is 0 Å². The minimum atomic E-state index is -4.38. The number of pyridine rings is 1. The Labute approximate surface area is 97.7 Å². The SMILES string of the molecule is CC(C)[C@@H](CO)Nc1cc(C(F)(F)F)ccn1. The maximum absolute atomic E-state index is 12.4. The summed E-state index contributed by atoms with van der Waals surface area (Å²) < 4.78 is 37.3. The predicted octanol–water partition coefficient (Wildman–Crippen LogP) is 2.53. The molecule has 0 radical (unpaired) electrons. The summed E-state index contributed by atoms with van der Waals surface area (Å²) in [6, 6.07) is 1.53. The number of hydrogen-bond acceptors (Lipinski definition) is 3. The lowest BCUT2D eigenvalue weighted by atomic mass is 10.1. The summed E-state index contributed by atoms with van der Waals surface area (Å²) in [6.45, 7) is 3.57. The van der Waals surface area contributed by atoms with E-state index in [0.29, 0.717) is 0 Å². The van der Waals surface area contributed by atoms with Crippen LogP contribution < -0.4 is 5.32 Å². The Morgan fingerprint density at radius 1 is 1.41 bits per heavy atom. The number of aliphatic hydroxyl groups excluding tert-OH is 1. The number of halogens is 3. The first-order chi connectivity index (χ1) is 7.84. The van der Waals surface area contributed by atoms with Crippen LogP contribution in [0.5, 0.6) is 0 Å². The molecule has 1 heterocycles. The van der Waals surface area contributed by atoms with Crippen LogP contribution in [0.4, 0.5) is 19.0 Å². The number of alkyl halides is 3. The fourth-order valence-corrected chi connectivity index (χ4v) is 1.30. The van der Waals surface area contributed by atoms with Crippen molar-refractivity contribution in [3.63, 3.8) is 0 Å². The Morgan fingerprint density at radius 2 is 2.06 bits per heavy atom. The molecule has 0 unspecified atom stereocenters. The third-order valence-electron chi connectivity index (χ3n) is 2.42. The zero-order chi connectivity index (χ0) is 13.1. The van der Waals surface area contributed by atoms with Crippen LogP contribution in [-0.2, 0) is 6.18 Å². The average molecular weight is 248 g/mol. The maximum Gasteiger partial charge on any atom is 0.416 e. The Hall–Kier alpha value is -1.30. The minimum absolute atomic E-state index is 0.0938. The van der Waals surface area contributed by atoms with Gasteiger partial charge >= 0.3 is 6.18 Å². The summed E-state index contributed by atoms with van der Waals surface area (Å²) >= 11 is 0. The van der Waals surface area contributed by atoms with Crippen molar-refractivity contribution in [1.82, 2.24) is 4.98 Å². The molecule has 3 nitrogen and oxygen atoms in total. The summed E-state index contributed by atoms with van der Waals surface area (Å²) in [5.41, 5.74) is -0.754. The van der Waals surface area contributed by atoms with Crippen LogP contribution in [-0.4, -0.2) is 22.7 Å². The van der Waals surface area contributed by atoms with Crippen LogP contribution in [0.15, 0.2) is 18.3 Å². The molecular formula is C11H15F3N2O. The molecule has 0 aliphatic heterocycles. The highest BCUT2D eigenvalue weighted by Crippen LogP contribution is 2.30. The highest BCUT2D eigenvalue weighted by atomic mass is 19.4. The highest BCUT2D eigenvalue weighted by molar-refractivity contribution is 5.39. The largest absolute Gasteiger partial charge is 0.416 e. The van der Waals surface area contributed by atoms with E-state index in [1.165, 1.54) is 0 Å². The van der Waals surface area contributed by atoms with E-state index in [9.17, 15) is 13.2 Å². The van der Waals surface area contributed by atoms with Crippen molar-refractivity contribution >= 4 is 5.82 Å². The van der Waals surface area contributed by atoms with Crippen molar-refractivity contribution in [2.45, 2.75) is 26.1 Å². The van der Waals surface area contributed by atoms with E-state index in [0.717, 1.165) is 18.3 Å². The first-order valence-electron chi connectivity index (χ1n) is 5.25. The highest BCUT2D eigenvalue weighted by Gasteiger charge is 2.30. The predicted molar refractivity (Wildman–Crippen MR) is 58.6 cm³/mol. The molecule has 1 aromatic rings. The van der Waals surface area contributed by atoms with Gasteiger partial charge < -0.3 is 10.4 Å². The monoisotopic (exact) mass is 248 g/mol. The van der Waals surface area contributed by atoms with Gasteiger partial charge in [-0.1, -0.05) is 13.8 Å². The molecule has 0 bridgehead atoms. The first-order valence-corrected chi connectivity index (χ1v) is 5.25. The second-order valence-corrected chi connectivity index (χ2v) is 4.10. The molecule has 0 fully saturated rings. The number of anilines is 1. The fourth-order valence-electron chi connectivity index (χ4n) is 1.30. The molecule has 2 N–H and O–H groups in total. The van der Waals surface area contributed by atoms with Gasteiger partial charge in [-0.15, -0.1) is 0 Å². The molecule has 0 aromatic carbocycles. The molecule has 6 heteroatoms. The van der Waals surface area contributed by atoms with Crippen LogP contribution in [0.25, 0.3) is 0 Å². The van der Waals surface area contributed by atoms with Gasteiger partial charge in [0, 0.05) is 6.20 Å². The topological polar surface area (TPSA) is 45.1 Å². The number of nitrogens with one attached hydrogen (secondary N) is 1. The molecular weight excluding hydrogens is 233 g/mol. The summed E-state index contributed by atoms with van der Waals surface area (Å²) in [4.78, 5) is 3.80. The molecule has 0 amide bonds. The van der Waals surface area contributed by atoms with E-state index >= 15 is 0 Å². The molecule has 17 heavy (non-hydrogen) atoms. The van der Waals surface area contributed by atoms with Gasteiger partial charge in [0.2, 0.25) is 0 Å². The number of rotatable bonds is 4. The molecule has 96 valence electrons. The molecule has 0 spiro atoms. The van der Waals surface area contributed by atoms with Crippen LogP contribution >= 0.6 is 0 Å². The number of aliphatic hydroxyl groups is 1. The van der Waals surface area contributed by atoms with Crippen molar-refractivity contribution in [3.05, 3.63) is 23.9 Å². The molecule has 0 saturated heterocycles. The summed E-state index contributed by atoms with van der Waals surface area (Å²) in [5, 5.41) is 11.9. The average Bonchev–Trinajstić information content (AvgIpc) is 2.24. The van der Waals surface area contributed by atoms with E-state index in [2.05, 4.69) is 10.3 Å². The maximum atomic E-state index is 12.4. The third-order valence-corrected chi connectivity index (χ3v) is 2.42. The van der Waals surface area contributed by atoms with Crippen molar-refractivity contribution < 1.29 is 18.3 Å². The normalized spacial score (nSPS) is 13.8. The molecule has 1 aromatic heterocycles. The number of nitrogens with zero attached hydrogens (tertiary/aromatic N) is 1. The first kappa shape index (κ1) is 13.8. The smallest absolute Gasteiger partial charge is 0.394 e. The zero-order valence-corrected chi connectivity index (χ0v) is 9.62. The Kier molecular flexibility index (Phi) is 4.34. The van der Waals surface area contributed by atoms with E-state index in [1.54, 1.807) is 0 Å². The van der Waals surface area contributed by atoms with Gasteiger partial charge in [-0.2, -0.15) is 13.2 Å². The van der Waals surface area contributed by atoms with Crippen molar-refractivity contribution in [1.29, 1.82) is 0 Å². The van der Waals surface area contributed by atoms with Crippen molar-refractivity contribution in [2.24, 2.45) is 5.92 Å². The molecule has 1 rings (SSSR count). The molecule has 0 saturated carbocycles. The Balaban J connectivity index is 2.85. The Morgan fingerprint density at radius 3 is 2.53 bits per heavy atom. The Bertz CT molecular complexity index is 366. The summed E-state index contributed by atoms with van der Waals surface area (Å²) in [6.07, 6.45) is -3.29. The van der Waals surface area contributed by atoms with Gasteiger partial charge in [0.25, 0.3) is 0 Å². The van der Waals surface area contributed by atoms with E-state index in [-0.39, 0.29) is 24.4 Å². The second kappa shape index (κ2) is 5.35. The minimum Gasteiger partial charge on any atom is -0.394 e. The van der Waals surface area contributed by atoms with Gasteiger partial charge in [0.1, 0.15) is 5.82 Å². The lowest BCUT2D eigenvalue weighted by Crippen LogP contribution is -2.30. The van der Waals surface area contributed by atoms with E-state index in [1.807, 2.05) is 13.8 Å². The zero-order valence-electron chi connectivity index (χ0n) is 9.62. The van der Waals surface area contributed by atoms with Crippen LogP contribution in [0.2, 0.25) is 0 Å². The van der Waals surface area contributed by atoms with Crippen LogP contribution in [0, 0.1) is 5.92 Å². The van der Waals surface area contributed by atoms with Gasteiger partial charge in [-0.25, -0.2) is 4.98 Å².